The molecule has 0 atom stereocenters. The number of carbonyl (C=O) groups excluding carboxylic acids is 1. The first-order valence-electron chi connectivity index (χ1n) is 3.86. The van der Waals surface area contributed by atoms with Crippen LogP contribution in [0.25, 0.3) is 0 Å². The van der Waals surface area contributed by atoms with Crippen LogP contribution in [0.2, 0.25) is 0 Å². The van der Waals surface area contributed by atoms with Crippen molar-refractivity contribution in [3.63, 3.8) is 0 Å². The van der Waals surface area contributed by atoms with Crippen molar-refractivity contribution in [2.45, 2.75) is 6.42 Å². The summed E-state index contributed by atoms with van der Waals surface area (Å²) < 4.78 is 5.78. The summed E-state index contributed by atoms with van der Waals surface area (Å²) in [6.07, 6.45) is 1.38. The zero-order chi connectivity index (χ0) is 9.42. The van der Waals surface area contributed by atoms with E-state index in [-0.39, 0.29) is 5.75 Å². The Kier molecular flexibility index (Phi) is 2.00. The highest BCUT2D eigenvalue weighted by atomic mass is 79.9. The molecule has 1 heterocycles. The Bertz CT molecular complexity index is 374. The molecule has 4 heteroatoms. The van der Waals surface area contributed by atoms with Crippen LogP contribution in [0.5, 0.6) is 11.5 Å². The molecule has 1 aromatic rings. The van der Waals surface area contributed by atoms with Gasteiger partial charge in [-0.3, -0.25) is 4.79 Å². The van der Waals surface area contributed by atoms with Crippen molar-refractivity contribution >= 4 is 22.2 Å². The lowest BCUT2D eigenvalue weighted by molar-refractivity contribution is 0.112. The van der Waals surface area contributed by atoms with Crippen LogP contribution >= 0.6 is 15.9 Å². The van der Waals surface area contributed by atoms with E-state index in [1.54, 1.807) is 6.07 Å². The van der Waals surface area contributed by atoms with Crippen molar-refractivity contribution in [1.29, 1.82) is 0 Å². The number of hydrogen-bond acceptors (Lipinski definition) is 3. The summed E-state index contributed by atoms with van der Waals surface area (Å²) in [4.78, 5) is 10.6. The number of ether oxygens (including phenoxy) is 1. The van der Waals surface area contributed by atoms with E-state index in [1.165, 1.54) is 0 Å². The van der Waals surface area contributed by atoms with Gasteiger partial charge in [-0.25, -0.2) is 0 Å². The first-order valence-corrected chi connectivity index (χ1v) is 4.65. The average molecular weight is 243 g/mol. The van der Waals surface area contributed by atoms with E-state index >= 15 is 0 Å². The molecule has 0 aliphatic carbocycles. The minimum Gasteiger partial charge on any atom is -0.506 e. The van der Waals surface area contributed by atoms with E-state index in [2.05, 4.69) is 15.9 Å². The van der Waals surface area contributed by atoms with Crippen LogP contribution in [-0.2, 0) is 6.42 Å². The van der Waals surface area contributed by atoms with Gasteiger partial charge in [-0.15, -0.1) is 0 Å². The summed E-state index contributed by atoms with van der Waals surface area (Å²) in [5, 5.41) is 9.60. The van der Waals surface area contributed by atoms with E-state index in [1.807, 2.05) is 0 Å². The summed E-state index contributed by atoms with van der Waals surface area (Å²) in [6, 6.07) is 1.56. The largest absolute Gasteiger partial charge is 0.506 e. The number of hydrogen-bond donors (Lipinski definition) is 1. The van der Waals surface area contributed by atoms with Gasteiger partial charge < -0.3 is 9.84 Å². The molecule has 1 aliphatic rings. The van der Waals surface area contributed by atoms with Crippen molar-refractivity contribution in [3.8, 4) is 11.5 Å². The molecule has 1 aliphatic heterocycles. The molecular formula is C9H7BrO3. The molecule has 0 spiro atoms. The van der Waals surface area contributed by atoms with Crippen molar-refractivity contribution in [3.05, 3.63) is 21.7 Å². The first-order chi connectivity index (χ1) is 6.24. The zero-order valence-corrected chi connectivity index (χ0v) is 8.30. The van der Waals surface area contributed by atoms with Gasteiger partial charge in [-0.1, -0.05) is 0 Å². The first kappa shape index (κ1) is 8.56. The van der Waals surface area contributed by atoms with Crippen molar-refractivity contribution in [1.82, 2.24) is 0 Å². The van der Waals surface area contributed by atoms with Gasteiger partial charge in [0.25, 0.3) is 0 Å². The molecule has 2 rings (SSSR count). The van der Waals surface area contributed by atoms with Crippen LogP contribution in [0.15, 0.2) is 10.5 Å². The number of phenols is 1. The van der Waals surface area contributed by atoms with Crippen molar-refractivity contribution in [2.24, 2.45) is 0 Å². The van der Waals surface area contributed by atoms with Crippen LogP contribution in [0, 0.1) is 0 Å². The molecule has 13 heavy (non-hydrogen) atoms. The fourth-order valence-electron chi connectivity index (χ4n) is 1.44. The third kappa shape index (κ3) is 1.21. The molecular weight excluding hydrogens is 236 g/mol. The molecule has 3 nitrogen and oxygen atoms in total. The maximum atomic E-state index is 10.6. The highest BCUT2D eigenvalue weighted by molar-refractivity contribution is 9.10. The zero-order valence-electron chi connectivity index (χ0n) is 6.71. The lowest BCUT2D eigenvalue weighted by Gasteiger charge is -2.05. The van der Waals surface area contributed by atoms with Crippen LogP contribution in [0.1, 0.15) is 15.9 Å². The highest BCUT2D eigenvalue weighted by Crippen LogP contribution is 2.40. The summed E-state index contributed by atoms with van der Waals surface area (Å²) in [5.41, 5.74) is 1.20. The second-order valence-electron chi connectivity index (χ2n) is 2.82. The van der Waals surface area contributed by atoms with E-state index in [0.717, 1.165) is 11.8 Å². The monoisotopic (exact) mass is 242 g/mol. The maximum absolute atomic E-state index is 10.6. The van der Waals surface area contributed by atoms with E-state index < -0.39 is 0 Å². The molecule has 0 aromatic heterocycles. The number of aromatic hydroxyl groups is 1. The Labute approximate surface area is 83.5 Å². The number of rotatable bonds is 1. The number of halogens is 1. The molecule has 68 valence electrons. The standard InChI is InChI=1S/C9H7BrO3/c10-7-3-5(4-11)9-6(8(7)12)1-2-13-9/h3-4,12H,1-2H2. The van der Waals surface area contributed by atoms with Crippen LogP contribution < -0.4 is 4.74 Å². The molecule has 0 saturated carbocycles. The maximum Gasteiger partial charge on any atom is 0.153 e. The normalized spacial score (nSPS) is 13.6. The lowest BCUT2D eigenvalue weighted by Crippen LogP contribution is -1.90. The molecule has 1 aromatic carbocycles. The molecule has 0 radical (unpaired) electrons. The Morgan fingerprint density at radius 2 is 2.38 bits per heavy atom. The van der Waals surface area contributed by atoms with Crippen LogP contribution in [0.4, 0.5) is 0 Å². The molecule has 0 bridgehead atoms. The van der Waals surface area contributed by atoms with Gasteiger partial charge in [0.05, 0.1) is 16.6 Å². The van der Waals surface area contributed by atoms with Crippen LogP contribution in [0.3, 0.4) is 0 Å². The van der Waals surface area contributed by atoms with Gasteiger partial charge in [0.1, 0.15) is 11.5 Å². The van der Waals surface area contributed by atoms with E-state index in [0.29, 0.717) is 28.8 Å². The summed E-state index contributed by atoms with van der Waals surface area (Å²) >= 11 is 3.18. The van der Waals surface area contributed by atoms with Gasteiger partial charge in [0.15, 0.2) is 6.29 Å². The minimum absolute atomic E-state index is 0.179. The van der Waals surface area contributed by atoms with Crippen molar-refractivity contribution < 1.29 is 14.6 Å². The van der Waals surface area contributed by atoms with Crippen LogP contribution in [-0.4, -0.2) is 18.0 Å². The molecule has 1 N–H and O–H groups in total. The second-order valence-corrected chi connectivity index (χ2v) is 3.67. The number of carbonyl (C=O) groups is 1. The highest BCUT2D eigenvalue weighted by Gasteiger charge is 2.22. The third-order valence-electron chi connectivity index (χ3n) is 2.06. The number of benzene rings is 1. The molecule has 0 unspecified atom stereocenters. The quantitative estimate of drug-likeness (QED) is 0.766. The predicted octanol–water partition coefficient (Wildman–Crippen LogP) is 1.90. The topological polar surface area (TPSA) is 46.5 Å². The SMILES string of the molecule is O=Cc1cc(Br)c(O)c2c1OCC2. The van der Waals surface area contributed by atoms with Gasteiger partial charge in [-0.2, -0.15) is 0 Å². The fraction of sp³-hybridized carbons (Fsp3) is 0.222. The van der Waals surface area contributed by atoms with E-state index in [4.69, 9.17) is 4.74 Å². The fourth-order valence-corrected chi connectivity index (χ4v) is 1.93. The number of phenolic OH excluding ortho intramolecular Hbond substituents is 1. The summed E-state index contributed by atoms with van der Waals surface area (Å²) in [7, 11) is 0. The number of fused-ring (bicyclic) bond motifs is 1. The molecule has 0 amide bonds. The lowest BCUT2D eigenvalue weighted by atomic mass is 10.1. The summed E-state index contributed by atoms with van der Waals surface area (Å²) in [5.74, 6) is 0.703. The Morgan fingerprint density at radius 3 is 3.08 bits per heavy atom. The Balaban J connectivity index is 2.70. The number of aldehydes is 1. The molecule has 0 fully saturated rings. The smallest absolute Gasteiger partial charge is 0.153 e. The van der Waals surface area contributed by atoms with Gasteiger partial charge >= 0.3 is 0 Å². The van der Waals surface area contributed by atoms with Crippen molar-refractivity contribution in [2.75, 3.05) is 6.61 Å². The van der Waals surface area contributed by atoms with Gasteiger partial charge in [0.2, 0.25) is 0 Å². The predicted molar refractivity (Wildman–Crippen MR) is 50.4 cm³/mol. The Morgan fingerprint density at radius 1 is 1.62 bits per heavy atom. The van der Waals surface area contributed by atoms with Gasteiger partial charge in [-0.05, 0) is 22.0 Å². The molecule has 0 saturated heterocycles. The third-order valence-corrected chi connectivity index (χ3v) is 2.66. The average Bonchev–Trinajstić information content (AvgIpc) is 2.60. The summed E-state index contributed by atoms with van der Waals surface area (Å²) in [6.45, 7) is 0.528. The Hall–Kier alpha value is -1.03. The van der Waals surface area contributed by atoms with E-state index in [9.17, 15) is 9.90 Å². The second kappa shape index (κ2) is 3.03. The minimum atomic E-state index is 0.179. The van der Waals surface area contributed by atoms with Gasteiger partial charge in [0, 0.05) is 12.0 Å².